The SMILES string of the molecule is C[C@@H](Oc1ccccc1)C(=O)Nc1ccc2c(c1)sc(=O)n2C. The van der Waals surface area contributed by atoms with Gasteiger partial charge in [0.2, 0.25) is 0 Å². The number of carbonyl (C=O) groups excluding carboxylic acids is 1. The van der Waals surface area contributed by atoms with Gasteiger partial charge in [0.25, 0.3) is 5.91 Å². The van der Waals surface area contributed by atoms with Crippen LogP contribution in [0.3, 0.4) is 0 Å². The van der Waals surface area contributed by atoms with Crippen LogP contribution in [0.2, 0.25) is 0 Å². The Labute approximate surface area is 137 Å². The molecule has 0 aliphatic carbocycles. The van der Waals surface area contributed by atoms with E-state index in [0.717, 1.165) is 21.6 Å². The zero-order chi connectivity index (χ0) is 16.4. The number of aromatic nitrogens is 1. The first-order valence-corrected chi connectivity index (χ1v) is 7.98. The third kappa shape index (κ3) is 3.27. The molecule has 2 aromatic carbocycles. The van der Waals surface area contributed by atoms with Crippen molar-refractivity contribution in [2.45, 2.75) is 13.0 Å². The largest absolute Gasteiger partial charge is 0.481 e. The molecule has 0 aliphatic rings. The molecule has 1 heterocycles. The number of para-hydroxylation sites is 1. The van der Waals surface area contributed by atoms with Gasteiger partial charge in [-0.1, -0.05) is 29.5 Å². The van der Waals surface area contributed by atoms with Gasteiger partial charge < -0.3 is 14.6 Å². The van der Waals surface area contributed by atoms with Gasteiger partial charge in [0.05, 0.1) is 10.2 Å². The van der Waals surface area contributed by atoms with E-state index in [0.29, 0.717) is 11.4 Å². The number of thiazole rings is 1. The number of anilines is 1. The van der Waals surface area contributed by atoms with E-state index in [-0.39, 0.29) is 10.8 Å². The van der Waals surface area contributed by atoms with E-state index in [2.05, 4.69) is 5.32 Å². The maximum Gasteiger partial charge on any atom is 0.307 e. The van der Waals surface area contributed by atoms with E-state index in [9.17, 15) is 9.59 Å². The lowest BCUT2D eigenvalue weighted by atomic mass is 10.2. The standard InChI is InChI=1S/C17H16N2O3S/c1-11(22-13-6-4-3-5-7-13)16(20)18-12-8-9-14-15(10-12)23-17(21)19(14)2/h3-11H,1-2H3,(H,18,20)/t11-/m1/s1. The summed E-state index contributed by atoms with van der Waals surface area (Å²) in [5.41, 5.74) is 1.50. The van der Waals surface area contributed by atoms with Crippen LogP contribution >= 0.6 is 11.3 Å². The molecule has 1 atom stereocenters. The van der Waals surface area contributed by atoms with Gasteiger partial charge in [0.15, 0.2) is 6.10 Å². The summed E-state index contributed by atoms with van der Waals surface area (Å²) in [5.74, 6) is 0.406. The van der Waals surface area contributed by atoms with Gasteiger partial charge in [-0.25, -0.2) is 0 Å². The second-order valence-corrected chi connectivity index (χ2v) is 6.17. The Hall–Kier alpha value is -2.60. The van der Waals surface area contributed by atoms with Gasteiger partial charge in [-0.2, -0.15) is 0 Å². The van der Waals surface area contributed by atoms with Gasteiger partial charge in [-0.05, 0) is 37.3 Å². The normalized spacial score (nSPS) is 12.1. The third-order valence-electron chi connectivity index (χ3n) is 3.49. The van der Waals surface area contributed by atoms with Crippen LogP contribution in [0.15, 0.2) is 53.3 Å². The average Bonchev–Trinajstić information content (AvgIpc) is 2.82. The summed E-state index contributed by atoms with van der Waals surface area (Å²) in [6.07, 6.45) is -0.623. The van der Waals surface area contributed by atoms with E-state index >= 15 is 0 Å². The molecular weight excluding hydrogens is 312 g/mol. The molecule has 0 spiro atoms. The lowest BCUT2D eigenvalue weighted by Gasteiger charge is -2.14. The Balaban J connectivity index is 1.73. The molecule has 0 unspecified atom stereocenters. The van der Waals surface area contributed by atoms with Crippen LogP contribution in [0.5, 0.6) is 5.75 Å². The fourth-order valence-corrected chi connectivity index (χ4v) is 3.13. The molecule has 3 aromatic rings. The molecule has 23 heavy (non-hydrogen) atoms. The van der Waals surface area contributed by atoms with Crippen molar-refractivity contribution >= 4 is 33.1 Å². The molecule has 0 aliphatic heterocycles. The van der Waals surface area contributed by atoms with E-state index in [1.807, 2.05) is 24.3 Å². The first-order chi connectivity index (χ1) is 11.0. The Kier molecular flexibility index (Phi) is 4.16. The molecule has 0 saturated heterocycles. The Bertz CT molecular complexity index is 899. The predicted octanol–water partition coefficient (Wildman–Crippen LogP) is 3.01. The molecule has 1 amide bonds. The Morgan fingerprint density at radius 2 is 1.96 bits per heavy atom. The van der Waals surface area contributed by atoms with E-state index in [1.54, 1.807) is 42.8 Å². The van der Waals surface area contributed by atoms with Crippen molar-refractivity contribution in [2.24, 2.45) is 7.05 Å². The van der Waals surface area contributed by atoms with Gasteiger partial charge >= 0.3 is 4.87 Å². The summed E-state index contributed by atoms with van der Waals surface area (Å²) in [5, 5.41) is 2.81. The maximum absolute atomic E-state index is 12.2. The number of hydrogen-bond donors (Lipinski definition) is 1. The first kappa shape index (κ1) is 15.3. The van der Waals surface area contributed by atoms with Crippen LogP contribution in [-0.2, 0) is 11.8 Å². The van der Waals surface area contributed by atoms with Crippen LogP contribution in [0.1, 0.15) is 6.92 Å². The number of hydrogen-bond acceptors (Lipinski definition) is 4. The van der Waals surface area contributed by atoms with Crippen molar-refractivity contribution in [3.05, 3.63) is 58.2 Å². The molecule has 0 bridgehead atoms. The van der Waals surface area contributed by atoms with E-state index in [4.69, 9.17) is 4.74 Å². The fourth-order valence-electron chi connectivity index (χ4n) is 2.21. The average molecular weight is 328 g/mol. The summed E-state index contributed by atoms with van der Waals surface area (Å²) in [6, 6.07) is 14.6. The highest BCUT2D eigenvalue weighted by Gasteiger charge is 2.15. The van der Waals surface area contributed by atoms with Gasteiger partial charge in [0.1, 0.15) is 5.75 Å². The molecule has 1 N–H and O–H groups in total. The number of benzene rings is 2. The minimum Gasteiger partial charge on any atom is -0.481 e. The minimum atomic E-state index is -0.623. The summed E-state index contributed by atoms with van der Waals surface area (Å²) in [6.45, 7) is 1.70. The lowest BCUT2D eigenvalue weighted by molar-refractivity contribution is -0.122. The number of ether oxygens (including phenoxy) is 1. The van der Waals surface area contributed by atoms with Crippen molar-refractivity contribution < 1.29 is 9.53 Å². The van der Waals surface area contributed by atoms with Gasteiger partial charge in [0, 0.05) is 12.7 Å². The van der Waals surface area contributed by atoms with Crippen molar-refractivity contribution in [3.8, 4) is 5.75 Å². The van der Waals surface area contributed by atoms with Crippen LogP contribution in [0.4, 0.5) is 5.69 Å². The van der Waals surface area contributed by atoms with Crippen LogP contribution in [0.25, 0.3) is 10.2 Å². The number of nitrogens with zero attached hydrogens (tertiary/aromatic N) is 1. The molecule has 0 fully saturated rings. The molecule has 0 saturated carbocycles. The zero-order valence-corrected chi connectivity index (χ0v) is 13.6. The smallest absolute Gasteiger partial charge is 0.307 e. The number of fused-ring (bicyclic) bond motifs is 1. The summed E-state index contributed by atoms with van der Waals surface area (Å²) in [4.78, 5) is 23.9. The molecule has 5 nitrogen and oxygen atoms in total. The van der Waals surface area contributed by atoms with Crippen molar-refractivity contribution in [3.63, 3.8) is 0 Å². The first-order valence-electron chi connectivity index (χ1n) is 7.17. The predicted molar refractivity (Wildman–Crippen MR) is 92.2 cm³/mol. The number of aryl methyl sites for hydroxylation is 1. The number of amides is 1. The monoisotopic (exact) mass is 328 g/mol. The quantitative estimate of drug-likeness (QED) is 0.801. The zero-order valence-electron chi connectivity index (χ0n) is 12.8. The third-order valence-corrected chi connectivity index (χ3v) is 4.48. The van der Waals surface area contributed by atoms with Crippen molar-refractivity contribution in [2.75, 3.05) is 5.32 Å². The van der Waals surface area contributed by atoms with Gasteiger partial charge in [-0.3, -0.25) is 9.59 Å². The fraction of sp³-hybridized carbons (Fsp3) is 0.176. The van der Waals surface area contributed by atoms with Crippen LogP contribution in [-0.4, -0.2) is 16.6 Å². The molecule has 0 radical (unpaired) electrons. The molecule has 6 heteroatoms. The van der Waals surface area contributed by atoms with Gasteiger partial charge in [-0.15, -0.1) is 0 Å². The number of carbonyl (C=O) groups is 1. The lowest BCUT2D eigenvalue weighted by Crippen LogP contribution is -2.30. The topological polar surface area (TPSA) is 60.3 Å². The summed E-state index contributed by atoms with van der Waals surface area (Å²) >= 11 is 1.16. The van der Waals surface area contributed by atoms with Crippen LogP contribution in [0, 0.1) is 0 Å². The number of nitrogens with one attached hydrogen (secondary N) is 1. The summed E-state index contributed by atoms with van der Waals surface area (Å²) in [7, 11) is 1.73. The molecule has 1 aromatic heterocycles. The Morgan fingerprint density at radius 3 is 2.70 bits per heavy atom. The summed E-state index contributed by atoms with van der Waals surface area (Å²) < 4.78 is 8.03. The van der Waals surface area contributed by atoms with E-state index < -0.39 is 6.10 Å². The molecule has 118 valence electrons. The highest BCUT2D eigenvalue weighted by atomic mass is 32.1. The second-order valence-electron chi connectivity index (χ2n) is 5.17. The Morgan fingerprint density at radius 1 is 1.22 bits per heavy atom. The number of rotatable bonds is 4. The minimum absolute atomic E-state index is 0.0238. The second kappa shape index (κ2) is 6.26. The van der Waals surface area contributed by atoms with Crippen molar-refractivity contribution in [1.82, 2.24) is 4.57 Å². The highest BCUT2D eigenvalue weighted by Crippen LogP contribution is 2.21. The van der Waals surface area contributed by atoms with Crippen LogP contribution < -0.4 is 14.9 Å². The molecular formula is C17H16N2O3S. The van der Waals surface area contributed by atoms with E-state index in [1.165, 1.54) is 0 Å². The maximum atomic E-state index is 12.2. The molecule has 3 rings (SSSR count). The van der Waals surface area contributed by atoms with Crippen molar-refractivity contribution in [1.29, 1.82) is 0 Å². The highest BCUT2D eigenvalue weighted by molar-refractivity contribution is 7.16.